The van der Waals surface area contributed by atoms with Gasteiger partial charge >= 0.3 is 0 Å². The molecule has 1 aromatic rings. The fourth-order valence-corrected chi connectivity index (χ4v) is 1.79. The van der Waals surface area contributed by atoms with Crippen LogP contribution in [0.5, 0.6) is 0 Å². The maximum absolute atomic E-state index is 11.2. The second-order valence-corrected chi connectivity index (χ2v) is 3.68. The smallest absolute Gasteiger partial charge is 0.275 e. The van der Waals surface area contributed by atoms with Gasteiger partial charge in [-0.25, -0.2) is 4.99 Å². The van der Waals surface area contributed by atoms with Crippen LogP contribution in [0.25, 0.3) is 0 Å². The number of hydrogen-bond acceptors (Lipinski definition) is 5. The molecule has 84 valence electrons. The predicted octanol–water partition coefficient (Wildman–Crippen LogP) is -0.970. The lowest BCUT2D eigenvalue weighted by atomic mass is 9.96. The average molecular weight is 231 g/mol. The van der Waals surface area contributed by atoms with E-state index in [1.165, 1.54) is 23.5 Å². The number of non-ortho nitro benzene ring substituents is 1. The van der Waals surface area contributed by atoms with Crippen LogP contribution in [0.3, 0.4) is 0 Å². The predicted molar refractivity (Wildman–Crippen MR) is 53.8 cm³/mol. The molecule has 0 bridgehead atoms. The van der Waals surface area contributed by atoms with E-state index >= 15 is 0 Å². The van der Waals surface area contributed by atoms with Crippen molar-refractivity contribution in [3.8, 4) is 0 Å². The number of hydrogen-bond donors (Lipinski definition) is 1. The van der Waals surface area contributed by atoms with Crippen LogP contribution in [0.15, 0.2) is 34.6 Å². The van der Waals surface area contributed by atoms with E-state index in [1.807, 2.05) is 0 Å². The summed E-state index contributed by atoms with van der Waals surface area (Å²) in [6.45, 7) is 0. The van der Waals surface area contributed by atoms with Crippen molar-refractivity contribution in [1.82, 2.24) is 0 Å². The summed E-state index contributed by atoms with van der Waals surface area (Å²) in [6, 6.07) is 4.11. The summed E-state index contributed by atoms with van der Waals surface area (Å²) in [7, 11) is 0. The van der Waals surface area contributed by atoms with E-state index < -0.39 is 16.5 Å². The molecule has 7 heteroatoms. The number of ketones is 1. The molecule has 7 nitrogen and oxygen atoms in total. The third-order valence-corrected chi connectivity index (χ3v) is 2.68. The second-order valence-electron chi connectivity index (χ2n) is 3.68. The summed E-state index contributed by atoms with van der Waals surface area (Å²) < 4.78 is 0. The molecule has 0 saturated carbocycles. The molecule has 1 aromatic carbocycles. The Kier molecular flexibility index (Phi) is 1.70. The lowest BCUT2D eigenvalue weighted by Crippen LogP contribution is -2.82. The zero-order chi connectivity index (χ0) is 12.2. The number of Topliss-reactive ketones (excluding diaryl/α,β-unsaturated/α-hetero) is 1. The quantitative estimate of drug-likeness (QED) is 0.380. The number of nitrogens with two attached hydrogens (primary N) is 1. The molecule has 2 aliphatic rings. The largest absolute Gasteiger partial charge is 0.866 e. The third-order valence-electron chi connectivity index (χ3n) is 2.68. The van der Waals surface area contributed by atoms with E-state index in [0.29, 0.717) is 11.4 Å². The first-order chi connectivity index (χ1) is 8.08. The number of fused-ring (bicyclic) bond motifs is 2. The normalized spacial score (nSPS) is 16.9. The number of benzene rings is 1. The van der Waals surface area contributed by atoms with Crippen LogP contribution in [-0.4, -0.2) is 16.4 Å². The summed E-state index contributed by atoms with van der Waals surface area (Å²) in [6.07, 6.45) is 0. The van der Waals surface area contributed by atoms with Gasteiger partial charge in [-0.1, -0.05) is 0 Å². The first kappa shape index (κ1) is 9.67. The Bertz CT molecular complexity index is 645. The van der Waals surface area contributed by atoms with Gasteiger partial charge < -0.3 is 5.11 Å². The Hall–Kier alpha value is -2.54. The Labute approximate surface area is 94.2 Å². The van der Waals surface area contributed by atoms with Crippen molar-refractivity contribution >= 4 is 28.6 Å². The Morgan fingerprint density at radius 2 is 2.12 bits per heavy atom. The molecule has 0 amide bonds. The number of rotatable bonds is 1. The second kappa shape index (κ2) is 2.98. The highest BCUT2D eigenvalue weighted by atomic mass is 16.6. The van der Waals surface area contributed by atoms with Crippen LogP contribution in [-0.2, 0) is 4.79 Å². The van der Waals surface area contributed by atoms with E-state index in [-0.39, 0.29) is 17.1 Å². The minimum Gasteiger partial charge on any atom is -0.866 e. The van der Waals surface area contributed by atoms with E-state index in [1.54, 1.807) is 0 Å². The molecule has 0 spiro atoms. The Morgan fingerprint density at radius 3 is 2.82 bits per heavy atom. The van der Waals surface area contributed by atoms with E-state index in [9.17, 15) is 20.0 Å². The van der Waals surface area contributed by atoms with Crippen molar-refractivity contribution in [2.75, 3.05) is 0 Å². The number of nitrogens with zero attached hydrogens (tertiary/aromatic N) is 2. The SMILES string of the molecule is O=C1C2=Nc3ccc([N+](=O)[O-])cc3[NH2+]C2=C1[O-]. The number of allylic oxidation sites excluding steroid dienone is 2. The van der Waals surface area contributed by atoms with Crippen molar-refractivity contribution in [3.05, 3.63) is 39.8 Å². The van der Waals surface area contributed by atoms with Gasteiger partial charge in [0.1, 0.15) is 5.69 Å². The topological polar surface area (TPSA) is 112 Å². The molecular formula is C10H5N3O4. The van der Waals surface area contributed by atoms with Crippen LogP contribution in [0.4, 0.5) is 17.1 Å². The van der Waals surface area contributed by atoms with Gasteiger partial charge in [-0.05, 0) is 6.07 Å². The highest BCUT2D eigenvalue weighted by molar-refractivity contribution is 6.58. The summed E-state index contributed by atoms with van der Waals surface area (Å²) in [5, 5.41) is 23.2. The van der Waals surface area contributed by atoms with Crippen molar-refractivity contribution in [3.63, 3.8) is 0 Å². The number of aliphatic imine (C=N–C) groups is 1. The maximum atomic E-state index is 11.2. The van der Waals surface area contributed by atoms with E-state index in [0.717, 1.165) is 0 Å². The van der Waals surface area contributed by atoms with E-state index in [2.05, 4.69) is 4.99 Å². The fraction of sp³-hybridized carbons (Fsp3) is 0. The molecule has 0 unspecified atom stereocenters. The number of carbonyl (C=O) groups is 1. The highest BCUT2D eigenvalue weighted by Crippen LogP contribution is 2.31. The first-order valence-corrected chi connectivity index (χ1v) is 4.76. The van der Waals surface area contributed by atoms with Crippen LogP contribution < -0.4 is 10.4 Å². The number of nitro benzene ring substituents is 1. The van der Waals surface area contributed by atoms with Gasteiger partial charge in [0.25, 0.3) is 5.69 Å². The van der Waals surface area contributed by atoms with Gasteiger partial charge in [0.05, 0.1) is 11.0 Å². The molecule has 0 radical (unpaired) electrons. The van der Waals surface area contributed by atoms with Crippen LogP contribution in [0, 0.1) is 10.1 Å². The van der Waals surface area contributed by atoms with Gasteiger partial charge in [0, 0.05) is 11.8 Å². The zero-order valence-electron chi connectivity index (χ0n) is 8.34. The van der Waals surface area contributed by atoms with E-state index in [4.69, 9.17) is 0 Å². The fourth-order valence-electron chi connectivity index (χ4n) is 1.79. The van der Waals surface area contributed by atoms with Crippen molar-refractivity contribution in [2.45, 2.75) is 0 Å². The summed E-state index contributed by atoms with van der Waals surface area (Å²) in [5.74, 6) is -1.18. The summed E-state index contributed by atoms with van der Waals surface area (Å²) in [5.41, 5.74) is 1.27. The molecule has 17 heavy (non-hydrogen) atoms. The van der Waals surface area contributed by atoms with Crippen LogP contribution in [0.2, 0.25) is 0 Å². The standard InChI is InChI=1S/C10H5N3O4/c14-9-7-8(10(9)15)12-6-3-4(13(16)17)1-2-5(6)11-7/h1-3,12,15H. The lowest BCUT2D eigenvalue weighted by molar-refractivity contribution is -0.520. The van der Waals surface area contributed by atoms with Gasteiger partial charge in [-0.15, -0.1) is 0 Å². The first-order valence-electron chi connectivity index (χ1n) is 4.76. The van der Waals surface area contributed by atoms with Gasteiger partial charge in [-0.3, -0.25) is 20.2 Å². The van der Waals surface area contributed by atoms with Crippen molar-refractivity contribution in [2.24, 2.45) is 4.99 Å². The van der Waals surface area contributed by atoms with Crippen molar-refractivity contribution in [1.29, 1.82) is 0 Å². The molecule has 1 aliphatic heterocycles. The average Bonchev–Trinajstić information content (AvgIpc) is 2.35. The minimum atomic E-state index is -0.597. The van der Waals surface area contributed by atoms with Gasteiger partial charge in [-0.2, -0.15) is 0 Å². The molecule has 1 heterocycles. The summed E-state index contributed by atoms with van der Waals surface area (Å²) in [4.78, 5) is 25.2. The number of quaternary nitrogens is 1. The number of nitro groups is 1. The molecular weight excluding hydrogens is 226 g/mol. The molecule has 0 atom stereocenters. The van der Waals surface area contributed by atoms with Gasteiger partial charge in [0.15, 0.2) is 17.1 Å². The highest BCUT2D eigenvalue weighted by Gasteiger charge is 2.37. The monoisotopic (exact) mass is 231 g/mol. The summed E-state index contributed by atoms with van der Waals surface area (Å²) >= 11 is 0. The number of carbonyl (C=O) groups excluding carboxylic acids is 1. The molecule has 2 N–H and O–H groups in total. The molecule has 1 aliphatic carbocycles. The Morgan fingerprint density at radius 1 is 1.35 bits per heavy atom. The molecule has 3 rings (SSSR count). The third kappa shape index (κ3) is 1.20. The van der Waals surface area contributed by atoms with Crippen LogP contribution >= 0.6 is 0 Å². The molecule has 0 saturated heterocycles. The molecule has 0 fully saturated rings. The van der Waals surface area contributed by atoms with Crippen molar-refractivity contribution < 1.29 is 20.1 Å². The van der Waals surface area contributed by atoms with Gasteiger partial charge in [0.2, 0.25) is 5.78 Å². The minimum absolute atomic E-state index is 0.0719. The van der Waals surface area contributed by atoms with Crippen LogP contribution in [0.1, 0.15) is 0 Å². The molecule has 0 aromatic heterocycles. The maximum Gasteiger partial charge on any atom is 0.275 e. The zero-order valence-corrected chi connectivity index (χ0v) is 8.34. The lowest BCUT2D eigenvalue weighted by Gasteiger charge is -2.27. The Balaban J connectivity index is 2.13.